The van der Waals surface area contributed by atoms with Gasteiger partial charge in [0.15, 0.2) is 0 Å². The van der Waals surface area contributed by atoms with Gasteiger partial charge in [0.25, 0.3) is 0 Å². The van der Waals surface area contributed by atoms with Crippen LogP contribution in [-0.4, -0.2) is 0 Å². The molecular weight excluding hydrogens is 171 g/mol. The molecule has 1 aromatic heterocycles. The van der Waals surface area contributed by atoms with Crippen LogP contribution in [0.2, 0.25) is 0 Å². The summed E-state index contributed by atoms with van der Waals surface area (Å²) in [6.45, 7) is 0. The minimum absolute atomic E-state index is 0.153. The van der Waals surface area contributed by atoms with Crippen LogP contribution < -0.4 is 0 Å². The summed E-state index contributed by atoms with van der Waals surface area (Å²) in [5.74, 6) is -0.153. The maximum Gasteiger partial charge on any atom is 0.131 e. The van der Waals surface area contributed by atoms with E-state index < -0.39 is 0 Å². The van der Waals surface area contributed by atoms with Gasteiger partial charge < -0.3 is 0 Å². The maximum absolute atomic E-state index is 13.2. The third kappa shape index (κ3) is 1.25. The normalized spacial score (nSPS) is 10.1. The van der Waals surface area contributed by atoms with Crippen molar-refractivity contribution in [2.75, 3.05) is 0 Å². The number of hydrogen-bond acceptors (Lipinski definition) is 1. The molecule has 0 spiro atoms. The van der Waals surface area contributed by atoms with Crippen molar-refractivity contribution in [3.63, 3.8) is 0 Å². The molecule has 0 nitrogen and oxygen atoms in total. The molecule has 12 heavy (non-hydrogen) atoms. The largest absolute Gasteiger partial charge is 0.206 e. The van der Waals surface area contributed by atoms with Gasteiger partial charge in [0.1, 0.15) is 5.82 Å². The van der Waals surface area contributed by atoms with Gasteiger partial charge in [-0.3, -0.25) is 0 Å². The highest BCUT2D eigenvalue weighted by molar-refractivity contribution is 7.13. The van der Waals surface area contributed by atoms with Crippen LogP contribution in [0.3, 0.4) is 0 Å². The van der Waals surface area contributed by atoms with Gasteiger partial charge in [-0.05, 0) is 17.5 Å². The molecule has 0 bridgehead atoms. The average molecular weight is 178 g/mol. The molecule has 0 aliphatic heterocycles. The Morgan fingerprint density at radius 2 is 1.83 bits per heavy atom. The Bertz CT molecular complexity index is 365. The Kier molecular flexibility index (Phi) is 1.92. The minimum Gasteiger partial charge on any atom is -0.206 e. The van der Waals surface area contributed by atoms with Crippen LogP contribution in [0.4, 0.5) is 4.39 Å². The van der Waals surface area contributed by atoms with Gasteiger partial charge in [-0.2, -0.15) is 0 Å². The van der Waals surface area contributed by atoms with Crippen LogP contribution in [-0.2, 0) is 0 Å². The number of halogens is 1. The smallest absolute Gasteiger partial charge is 0.131 e. The fraction of sp³-hybridized carbons (Fsp3) is 0. The highest BCUT2D eigenvalue weighted by Crippen LogP contribution is 2.26. The van der Waals surface area contributed by atoms with Crippen molar-refractivity contribution in [3.8, 4) is 10.4 Å². The molecule has 0 aliphatic rings. The molecule has 0 aliphatic carbocycles. The van der Waals surface area contributed by atoms with Crippen molar-refractivity contribution < 1.29 is 4.39 Å². The fourth-order valence-corrected chi connectivity index (χ4v) is 1.85. The molecule has 2 heteroatoms. The Morgan fingerprint density at radius 1 is 1.00 bits per heavy atom. The molecule has 0 unspecified atom stereocenters. The standard InChI is InChI=1S/C10H7FS/c11-9-5-2-1-4-8(9)10-6-3-7-12-10/h1-7H. The summed E-state index contributed by atoms with van der Waals surface area (Å²) in [5.41, 5.74) is 0.688. The van der Waals surface area contributed by atoms with E-state index in [0.717, 1.165) is 4.88 Å². The molecule has 0 N–H and O–H groups in total. The lowest BCUT2D eigenvalue weighted by atomic mass is 10.2. The summed E-state index contributed by atoms with van der Waals surface area (Å²) in [4.78, 5) is 0.980. The van der Waals surface area contributed by atoms with Gasteiger partial charge in [0.05, 0.1) is 0 Å². The van der Waals surface area contributed by atoms with Crippen molar-refractivity contribution >= 4 is 11.3 Å². The number of thiophene rings is 1. The molecule has 0 saturated carbocycles. The topological polar surface area (TPSA) is 0 Å². The van der Waals surface area contributed by atoms with Gasteiger partial charge in [0.2, 0.25) is 0 Å². The summed E-state index contributed by atoms with van der Waals surface area (Å²) in [7, 11) is 0. The summed E-state index contributed by atoms with van der Waals surface area (Å²) < 4.78 is 13.2. The second kappa shape index (κ2) is 3.07. The molecular formula is C10H7FS. The lowest BCUT2D eigenvalue weighted by Crippen LogP contribution is -1.78. The van der Waals surface area contributed by atoms with Crippen molar-refractivity contribution in [2.45, 2.75) is 0 Å². The van der Waals surface area contributed by atoms with E-state index in [0.29, 0.717) is 5.56 Å². The summed E-state index contributed by atoms with van der Waals surface area (Å²) >= 11 is 1.55. The predicted molar refractivity (Wildman–Crippen MR) is 49.7 cm³/mol. The Morgan fingerprint density at radius 3 is 2.50 bits per heavy atom. The molecule has 0 amide bonds. The Balaban J connectivity index is 2.55. The Hall–Kier alpha value is -1.15. The average Bonchev–Trinajstić information content (AvgIpc) is 2.57. The second-order valence-corrected chi connectivity index (χ2v) is 3.40. The highest BCUT2D eigenvalue weighted by Gasteiger charge is 2.02. The summed E-state index contributed by atoms with van der Waals surface area (Å²) in [6.07, 6.45) is 0. The predicted octanol–water partition coefficient (Wildman–Crippen LogP) is 3.55. The zero-order chi connectivity index (χ0) is 8.39. The van der Waals surface area contributed by atoms with Gasteiger partial charge in [0, 0.05) is 10.4 Å². The van der Waals surface area contributed by atoms with Crippen molar-refractivity contribution in [1.29, 1.82) is 0 Å². The van der Waals surface area contributed by atoms with E-state index in [2.05, 4.69) is 0 Å². The first-order valence-electron chi connectivity index (χ1n) is 3.66. The lowest BCUT2D eigenvalue weighted by Gasteiger charge is -1.97. The molecule has 2 aromatic rings. The first-order valence-corrected chi connectivity index (χ1v) is 4.54. The van der Waals surface area contributed by atoms with E-state index in [1.54, 1.807) is 23.5 Å². The van der Waals surface area contributed by atoms with Crippen LogP contribution in [0.5, 0.6) is 0 Å². The number of benzene rings is 1. The Labute approximate surface area is 74.3 Å². The second-order valence-electron chi connectivity index (χ2n) is 2.46. The lowest BCUT2D eigenvalue weighted by molar-refractivity contribution is 0.631. The van der Waals surface area contributed by atoms with Crippen LogP contribution >= 0.6 is 11.3 Å². The van der Waals surface area contributed by atoms with Crippen molar-refractivity contribution in [3.05, 3.63) is 47.6 Å². The van der Waals surface area contributed by atoms with Crippen molar-refractivity contribution in [2.24, 2.45) is 0 Å². The SMILES string of the molecule is Fc1ccccc1-c1cccs1. The van der Waals surface area contributed by atoms with Crippen LogP contribution in [0.1, 0.15) is 0 Å². The van der Waals surface area contributed by atoms with Crippen LogP contribution in [0, 0.1) is 5.82 Å². The van der Waals surface area contributed by atoms with E-state index in [-0.39, 0.29) is 5.82 Å². The minimum atomic E-state index is -0.153. The molecule has 60 valence electrons. The van der Waals surface area contributed by atoms with Crippen LogP contribution in [0.15, 0.2) is 41.8 Å². The molecule has 0 radical (unpaired) electrons. The van der Waals surface area contributed by atoms with Gasteiger partial charge in [-0.1, -0.05) is 24.3 Å². The molecule has 0 fully saturated rings. The first kappa shape index (κ1) is 7.50. The highest BCUT2D eigenvalue weighted by atomic mass is 32.1. The number of rotatable bonds is 1. The quantitative estimate of drug-likeness (QED) is 0.626. The molecule has 1 aromatic carbocycles. The van der Waals surface area contributed by atoms with Gasteiger partial charge >= 0.3 is 0 Å². The zero-order valence-electron chi connectivity index (χ0n) is 6.33. The summed E-state index contributed by atoms with van der Waals surface area (Å²) in [6, 6.07) is 10.7. The van der Waals surface area contributed by atoms with E-state index in [9.17, 15) is 4.39 Å². The zero-order valence-corrected chi connectivity index (χ0v) is 7.14. The summed E-state index contributed by atoms with van der Waals surface area (Å²) in [5, 5.41) is 1.95. The van der Waals surface area contributed by atoms with E-state index in [1.807, 2.05) is 23.6 Å². The van der Waals surface area contributed by atoms with E-state index in [1.165, 1.54) is 6.07 Å². The third-order valence-corrected chi connectivity index (χ3v) is 2.56. The van der Waals surface area contributed by atoms with E-state index in [4.69, 9.17) is 0 Å². The van der Waals surface area contributed by atoms with Gasteiger partial charge in [-0.25, -0.2) is 4.39 Å². The molecule has 2 rings (SSSR count). The first-order chi connectivity index (χ1) is 5.88. The fourth-order valence-electron chi connectivity index (χ4n) is 1.09. The maximum atomic E-state index is 13.2. The molecule has 0 atom stereocenters. The molecule has 1 heterocycles. The van der Waals surface area contributed by atoms with E-state index >= 15 is 0 Å². The van der Waals surface area contributed by atoms with Crippen LogP contribution in [0.25, 0.3) is 10.4 Å². The number of hydrogen-bond donors (Lipinski definition) is 0. The van der Waals surface area contributed by atoms with Crippen molar-refractivity contribution in [1.82, 2.24) is 0 Å². The van der Waals surface area contributed by atoms with Gasteiger partial charge in [-0.15, -0.1) is 11.3 Å². The monoisotopic (exact) mass is 178 g/mol. The molecule has 0 saturated heterocycles. The third-order valence-electron chi connectivity index (χ3n) is 1.66.